The Morgan fingerprint density at radius 3 is 1.58 bits per heavy atom. The number of benzene rings is 2. The molecule has 0 N–H and O–H groups in total. The number of hydrogen-bond donors (Lipinski definition) is 0. The molecule has 2 atom stereocenters. The van der Waals surface area contributed by atoms with Crippen molar-refractivity contribution in [3.8, 4) is 11.1 Å². The smallest absolute Gasteiger partial charge is 0.120 e. The third-order valence-corrected chi connectivity index (χ3v) is 6.54. The van der Waals surface area contributed by atoms with Gasteiger partial charge in [0.2, 0.25) is 0 Å². The maximum Gasteiger partial charge on any atom is 0.120 e. The highest BCUT2D eigenvalue weighted by molar-refractivity contribution is 6.74. The second-order valence-corrected chi connectivity index (χ2v) is 11.5. The van der Waals surface area contributed by atoms with Gasteiger partial charge in [-0.25, -0.2) is 0 Å². The van der Waals surface area contributed by atoms with E-state index in [2.05, 4.69) is 72.7 Å². The maximum absolute atomic E-state index is 2.78. The molecule has 1 heterocycles. The molecule has 0 amide bonds. The molecule has 2 unspecified atom stereocenters. The number of rotatable bonds is 1. The zero-order valence-electron chi connectivity index (χ0n) is 11.7. The molecule has 96 valence electrons. The monoisotopic (exact) mass is 265 g/mol. The van der Waals surface area contributed by atoms with Crippen molar-refractivity contribution in [3.63, 3.8) is 0 Å². The lowest BCUT2D eigenvalue weighted by Gasteiger charge is -2.19. The second-order valence-electron chi connectivity index (χ2n) is 6.64. The zero-order chi connectivity index (χ0) is 13.2. The van der Waals surface area contributed by atoms with Crippen LogP contribution in [0.4, 0.5) is 0 Å². The summed E-state index contributed by atoms with van der Waals surface area (Å²) in [7, 11) is -1.26. The van der Waals surface area contributed by atoms with E-state index in [1.54, 1.807) is 0 Å². The summed E-state index contributed by atoms with van der Waals surface area (Å²) in [5, 5.41) is 0. The van der Waals surface area contributed by atoms with E-state index in [4.69, 9.17) is 0 Å². The van der Waals surface area contributed by atoms with Gasteiger partial charge in [0.25, 0.3) is 0 Å². The highest BCUT2D eigenvalue weighted by Gasteiger charge is 2.57. The van der Waals surface area contributed by atoms with Crippen LogP contribution < -0.4 is 0 Å². The Morgan fingerprint density at radius 1 is 0.737 bits per heavy atom. The lowest BCUT2D eigenvalue weighted by molar-refractivity contribution is 0.729. The molecular formula is C17H19NSi. The minimum atomic E-state index is -1.26. The summed E-state index contributed by atoms with van der Waals surface area (Å²) >= 11 is 0. The van der Waals surface area contributed by atoms with Crippen LogP contribution in [0.2, 0.25) is 19.6 Å². The van der Waals surface area contributed by atoms with Gasteiger partial charge in [0.1, 0.15) is 8.24 Å². The predicted octanol–water partition coefficient (Wildman–Crippen LogP) is 4.60. The van der Waals surface area contributed by atoms with Crippen molar-refractivity contribution in [1.82, 2.24) is 4.57 Å². The molecule has 2 aromatic carbocycles. The summed E-state index contributed by atoms with van der Waals surface area (Å²) < 4.78 is 2.78. The first-order valence-electron chi connectivity index (χ1n) is 7.06. The summed E-state index contributed by atoms with van der Waals surface area (Å²) in [6.07, 6.45) is 0. The van der Waals surface area contributed by atoms with Crippen molar-refractivity contribution in [2.75, 3.05) is 0 Å². The number of fused-ring (bicyclic) bond motifs is 6. The van der Waals surface area contributed by atoms with E-state index in [1.165, 1.54) is 22.3 Å². The van der Waals surface area contributed by atoms with Gasteiger partial charge in [-0.3, -0.25) is 0 Å². The van der Waals surface area contributed by atoms with Crippen LogP contribution in [0.3, 0.4) is 0 Å². The van der Waals surface area contributed by atoms with Crippen LogP contribution in [-0.4, -0.2) is 12.8 Å². The van der Waals surface area contributed by atoms with Crippen molar-refractivity contribution < 1.29 is 0 Å². The molecule has 4 rings (SSSR count). The Labute approximate surface area is 116 Å². The summed E-state index contributed by atoms with van der Waals surface area (Å²) in [6.45, 7) is 7.36. The van der Waals surface area contributed by atoms with Crippen molar-refractivity contribution in [2.45, 2.75) is 31.7 Å². The lowest BCUT2D eigenvalue weighted by atomic mass is 9.86. The van der Waals surface area contributed by atoms with Gasteiger partial charge in [0.05, 0.1) is 0 Å². The van der Waals surface area contributed by atoms with Crippen LogP contribution in [0.5, 0.6) is 0 Å². The molecule has 1 aliphatic carbocycles. The second kappa shape index (κ2) is 3.59. The molecule has 2 heteroatoms. The average molecular weight is 265 g/mol. The van der Waals surface area contributed by atoms with Crippen LogP contribution in [0.15, 0.2) is 48.5 Å². The molecule has 2 aromatic rings. The summed E-state index contributed by atoms with van der Waals surface area (Å²) in [6, 6.07) is 19.2. The van der Waals surface area contributed by atoms with Crippen LogP contribution in [0, 0.1) is 0 Å². The highest BCUT2D eigenvalue weighted by atomic mass is 28.3. The van der Waals surface area contributed by atoms with Gasteiger partial charge in [-0.2, -0.15) is 0 Å². The van der Waals surface area contributed by atoms with Crippen LogP contribution >= 0.6 is 0 Å². The Morgan fingerprint density at radius 2 is 1.16 bits per heavy atom. The molecule has 0 aromatic heterocycles. The number of nitrogens with zero attached hydrogens (tertiary/aromatic N) is 1. The van der Waals surface area contributed by atoms with Gasteiger partial charge in [0.15, 0.2) is 0 Å². The molecule has 2 aliphatic rings. The first kappa shape index (κ1) is 11.4. The summed E-state index contributed by atoms with van der Waals surface area (Å²) in [5.74, 6) is 0. The molecule has 1 saturated heterocycles. The van der Waals surface area contributed by atoms with E-state index in [0.29, 0.717) is 12.1 Å². The fraction of sp³-hybridized carbons (Fsp3) is 0.294. The molecule has 0 spiro atoms. The molecule has 0 saturated carbocycles. The van der Waals surface area contributed by atoms with Crippen LogP contribution in [-0.2, 0) is 0 Å². The van der Waals surface area contributed by atoms with E-state index in [1.807, 2.05) is 0 Å². The molecule has 1 nitrogen and oxygen atoms in total. The Hall–Kier alpha value is -1.38. The first-order chi connectivity index (χ1) is 9.09. The van der Waals surface area contributed by atoms with E-state index >= 15 is 0 Å². The average Bonchev–Trinajstić information content (AvgIpc) is 3.15. The fourth-order valence-corrected chi connectivity index (χ4v) is 5.87. The van der Waals surface area contributed by atoms with Crippen molar-refractivity contribution >= 4 is 8.24 Å². The minimum absolute atomic E-state index is 0.637. The fourth-order valence-electron chi connectivity index (χ4n) is 3.71. The molecule has 0 bridgehead atoms. The highest BCUT2D eigenvalue weighted by Crippen LogP contribution is 2.63. The van der Waals surface area contributed by atoms with Crippen molar-refractivity contribution in [1.29, 1.82) is 0 Å². The molecule has 19 heavy (non-hydrogen) atoms. The van der Waals surface area contributed by atoms with Crippen molar-refractivity contribution in [3.05, 3.63) is 59.7 Å². The third kappa shape index (κ3) is 1.50. The van der Waals surface area contributed by atoms with E-state index < -0.39 is 8.24 Å². The normalized spacial score (nSPS) is 27.2. The Bertz CT molecular complexity index is 605. The number of hydrogen-bond acceptors (Lipinski definition) is 1. The molecule has 1 aliphatic heterocycles. The molecule has 0 radical (unpaired) electrons. The van der Waals surface area contributed by atoms with Crippen molar-refractivity contribution in [2.24, 2.45) is 0 Å². The van der Waals surface area contributed by atoms with Gasteiger partial charge in [-0.1, -0.05) is 68.2 Å². The SMILES string of the molecule is C[Si](C)(C)N1C2c3ccccc3-c3ccccc3C21. The van der Waals surface area contributed by atoms with E-state index in [-0.39, 0.29) is 0 Å². The van der Waals surface area contributed by atoms with E-state index in [0.717, 1.165) is 0 Å². The van der Waals surface area contributed by atoms with E-state index in [9.17, 15) is 0 Å². The predicted molar refractivity (Wildman–Crippen MR) is 82.5 cm³/mol. The minimum Gasteiger partial charge on any atom is -0.308 e. The Balaban J connectivity index is 1.96. The van der Waals surface area contributed by atoms with Gasteiger partial charge in [-0.05, 0) is 22.3 Å². The summed E-state index contributed by atoms with van der Waals surface area (Å²) in [4.78, 5) is 0. The maximum atomic E-state index is 2.78. The van der Waals surface area contributed by atoms with Crippen LogP contribution in [0.25, 0.3) is 11.1 Å². The largest absolute Gasteiger partial charge is 0.308 e. The quantitative estimate of drug-likeness (QED) is 0.538. The standard InChI is InChI=1S/C17H19NSi/c1-19(2,3)18-16-14-10-6-4-8-12(14)13-9-5-7-11-15(13)17(16)18/h4-11,16-17H,1-3H3. The van der Waals surface area contributed by atoms with Gasteiger partial charge < -0.3 is 4.57 Å². The molecular weight excluding hydrogens is 246 g/mol. The topological polar surface area (TPSA) is 3.01 Å². The Kier molecular flexibility index (Phi) is 2.16. The lowest BCUT2D eigenvalue weighted by Crippen LogP contribution is -2.32. The zero-order valence-corrected chi connectivity index (χ0v) is 12.7. The van der Waals surface area contributed by atoms with Gasteiger partial charge in [-0.15, -0.1) is 0 Å². The molecule has 1 fully saturated rings. The van der Waals surface area contributed by atoms with Gasteiger partial charge >= 0.3 is 0 Å². The first-order valence-corrected chi connectivity index (χ1v) is 10.5. The van der Waals surface area contributed by atoms with Crippen LogP contribution in [0.1, 0.15) is 23.2 Å². The van der Waals surface area contributed by atoms with Gasteiger partial charge in [0, 0.05) is 12.1 Å². The summed E-state index contributed by atoms with van der Waals surface area (Å²) in [5.41, 5.74) is 5.96. The third-order valence-electron chi connectivity index (χ3n) is 4.43.